The number of Topliss-reactive ketones (excluding diaryl/α,β-unsaturated/α-hetero) is 3. The number of carbonyl (C=O) groups is 4. The number of amides is 1. The van der Waals surface area contributed by atoms with Gasteiger partial charge in [0.1, 0.15) is 5.92 Å². The molecule has 0 bridgehead atoms. The first-order valence-electron chi connectivity index (χ1n) is 8.11. The minimum Gasteiger partial charge on any atom is -0.349 e. The van der Waals surface area contributed by atoms with Gasteiger partial charge in [-0.3, -0.25) is 24.0 Å². The molecule has 0 spiro atoms. The SMILES string of the molecule is Cc1cc(C(=O)C2C(=O)CCCC2=O)c(=O)n(CCC(=O)N(C)C)n1. The smallest absolute Gasteiger partial charge is 0.277 e. The van der Waals surface area contributed by atoms with E-state index in [1.807, 2.05) is 0 Å². The van der Waals surface area contributed by atoms with Crippen LogP contribution in [-0.2, 0) is 20.9 Å². The molecule has 25 heavy (non-hydrogen) atoms. The third-order valence-electron chi connectivity index (χ3n) is 4.15. The number of aromatic nitrogens is 2. The zero-order valence-electron chi connectivity index (χ0n) is 14.6. The highest BCUT2D eigenvalue weighted by atomic mass is 16.2. The molecule has 1 heterocycles. The molecule has 0 radical (unpaired) electrons. The van der Waals surface area contributed by atoms with Crippen LogP contribution in [0.3, 0.4) is 0 Å². The molecule has 1 saturated carbocycles. The summed E-state index contributed by atoms with van der Waals surface area (Å²) in [4.78, 5) is 62.2. The van der Waals surface area contributed by atoms with Crippen molar-refractivity contribution in [3.05, 3.63) is 27.7 Å². The van der Waals surface area contributed by atoms with Crippen LogP contribution in [0.5, 0.6) is 0 Å². The normalized spacial score (nSPS) is 15.3. The second-order valence-electron chi connectivity index (χ2n) is 6.35. The van der Waals surface area contributed by atoms with E-state index in [9.17, 15) is 24.0 Å². The highest BCUT2D eigenvalue weighted by Gasteiger charge is 2.37. The lowest BCUT2D eigenvalue weighted by Gasteiger charge is -2.18. The van der Waals surface area contributed by atoms with Gasteiger partial charge < -0.3 is 4.90 Å². The fraction of sp³-hybridized carbons (Fsp3) is 0.529. The monoisotopic (exact) mass is 347 g/mol. The van der Waals surface area contributed by atoms with E-state index in [1.165, 1.54) is 11.0 Å². The van der Waals surface area contributed by atoms with Crippen molar-refractivity contribution in [1.82, 2.24) is 14.7 Å². The molecule has 0 aliphatic heterocycles. The fourth-order valence-corrected chi connectivity index (χ4v) is 2.78. The summed E-state index contributed by atoms with van der Waals surface area (Å²) in [6.45, 7) is 1.62. The van der Waals surface area contributed by atoms with E-state index >= 15 is 0 Å². The van der Waals surface area contributed by atoms with Gasteiger partial charge in [-0.2, -0.15) is 5.10 Å². The highest BCUT2D eigenvalue weighted by molar-refractivity contribution is 6.25. The predicted molar refractivity (Wildman–Crippen MR) is 88.2 cm³/mol. The average molecular weight is 347 g/mol. The molecule has 1 aliphatic rings. The number of rotatable bonds is 5. The van der Waals surface area contributed by atoms with Crippen molar-refractivity contribution in [1.29, 1.82) is 0 Å². The third-order valence-corrected chi connectivity index (χ3v) is 4.15. The zero-order chi connectivity index (χ0) is 18.7. The van der Waals surface area contributed by atoms with Gasteiger partial charge in [-0.25, -0.2) is 4.68 Å². The summed E-state index contributed by atoms with van der Waals surface area (Å²) in [6.07, 6.45) is 0.821. The van der Waals surface area contributed by atoms with E-state index in [0.29, 0.717) is 12.1 Å². The van der Waals surface area contributed by atoms with E-state index in [-0.39, 0.29) is 37.3 Å². The molecular weight excluding hydrogens is 326 g/mol. The van der Waals surface area contributed by atoms with Crippen LogP contribution < -0.4 is 5.56 Å². The van der Waals surface area contributed by atoms with Gasteiger partial charge in [0, 0.05) is 33.4 Å². The quantitative estimate of drug-likeness (QED) is 0.554. The molecule has 0 N–H and O–H groups in total. The first-order valence-corrected chi connectivity index (χ1v) is 8.11. The van der Waals surface area contributed by atoms with Gasteiger partial charge in [0.15, 0.2) is 17.3 Å². The Balaban J connectivity index is 2.33. The van der Waals surface area contributed by atoms with Crippen LogP contribution in [0.15, 0.2) is 10.9 Å². The summed E-state index contributed by atoms with van der Waals surface area (Å²) < 4.78 is 1.04. The molecule has 0 atom stereocenters. The lowest BCUT2D eigenvalue weighted by Crippen LogP contribution is -2.39. The van der Waals surface area contributed by atoms with Crippen molar-refractivity contribution >= 4 is 23.3 Å². The van der Waals surface area contributed by atoms with Gasteiger partial charge in [-0.05, 0) is 19.4 Å². The van der Waals surface area contributed by atoms with E-state index in [2.05, 4.69) is 5.10 Å². The largest absolute Gasteiger partial charge is 0.349 e. The first kappa shape index (κ1) is 18.7. The lowest BCUT2D eigenvalue weighted by atomic mass is 9.82. The Morgan fingerprint density at radius 1 is 1.20 bits per heavy atom. The maximum absolute atomic E-state index is 12.6. The molecule has 0 saturated heterocycles. The summed E-state index contributed by atoms with van der Waals surface area (Å²) in [6, 6.07) is 1.30. The highest BCUT2D eigenvalue weighted by Crippen LogP contribution is 2.20. The van der Waals surface area contributed by atoms with Gasteiger partial charge in [-0.15, -0.1) is 0 Å². The van der Waals surface area contributed by atoms with Crippen LogP contribution in [-0.4, -0.2) is 52.0 Å². The Kier molecular flexibility index (Phi) is 5.61. The van der Waals surface area contributed by atoms with Gasteiger partial charge >= 0.3 is 0 Å². The standard InChI is InChI=1S/C17H21N3O5/c1-10-9-11(16(24)15-12(21)5-4-6-13(15)22)17(25)20(18-10)8-7-14(23)19(2)3/h9,15H,4-8H2,1-3H3. The molecule has 0 aromatic carbocycles. The molecule has 1 fully saturated rings. The lowest BCUT2D eigenvalue weighted by molar-refractivity contribution is -0.133. The van der Waals surface area contributed by atoms with E-state index in [1.54, 1.807) is 21.0 Å². The second kappa shape index (κ2) is 7.50. The van der Waals surface area contributed by atoms with Gasteiger partial charge in [0.25, 0.3) is 5.56 Å². The predicted octanol–water partition coefficient (Wildman–Crippen LogP) is 0.151. The number of hydrogen-bond acceptors (Lipinski definition) is 6. The Labute approximate surface area is 144 Å². The number of carbonyl (C=O) groups excluding carboxylic acids is 4. The zero-order valence-corrected chi connectivity index (χ0v) is 14.6. The molecule has 1 aromatic rings. The van der Waals surface area contributed by atoms with E-state index in [0.717, 1.165) is 4.68 Å². The van der Waals surface area contributed by atoms with Gasteiger partial charge in [0.05, 0.1) is 17.8 Å². The van der Waals surface area contributed by atoms with Crippen molar-refractivity contribution < 1.29 is 19.2 Å². The maximum atomic E-state index is 12.6. The number of hydrogen-bond donors (Lipinski definition) is 0. The topological polar surface area (TPSA) is 106 Å². The van der Waals surface area contributed by atoms with Crippen molar-refractivity contribution in [3.63, 3.8) is 0 Å². The van der Waals surface area contributed by atoms with Gasteiger partial charge in [-0.1, -0.05) is 0 Å². The van der Waals surface area contributed by atoms with Gasteiger partial charge in [0.2, 0.25) is 5.91 Å². The Bertz CT molecular complexity index is 778. The van der Waals surface area contributed by atoms with Crippen LogP contribution in [0.4, 0.5) is 0 Å². The molecule has 1 aromatic heterocycles. The molecular formula is C17H21N3O5. The number of aryl methyl sites for hydroxylation is 2. The molecule has 8 nitrogen and oxygen atoms in total. The van der Waals surface area contributed by atoms with E-state index in [4.69, 9.17) is 0 Å². The van der Waals surface area contributed by atoms with Crippen LogP contribution in [0.1, 0.15) is 41.7 Å². The Morgan fingerprint density at radius 3 is 2.36 bits per heavy atom. The third kappa shape index (κ3) is 4.07. The Hall–Kier alpha value is -2.64. The molecule has 2 rings (SSSR count). The Morgan fingerprint density at radius 2 is 1.80 bits per heavy atom. The summed E-state index contributed by atoms with van der Waals surface area (Å²) in [5.74, 6) is -3.22. The minimum atomic E-state index is -1.39. The molecule has 1 aliphatic carbocycles. The van der Waals surface area contributed by atoms with Crippen molar-refractivity contribution in [2.24, 2.45) is 5.92 Å². The van der Waals surface area contributed by atoms with E-state index < -0.39 is 28.8 Å². The molecule has 0 unspecified atom stereocenters. The minimum absolute atomic E-state index is 0.0182. The molecule has 1 amide bonds. The molecule has 134 valence electrons. The number of nitrogens with zero attached hydrogens (tertiary/aromatic N) is 3. The molecule has 8 heteroatoms. The fourth-order valence-electron chi connectivity index (χ4n) is 2.78. The maximum Gasteiger partial charge on any atom is 0.277 e. The van der Waals surface area contributed by atoms with Crippen molar-refractivity contribution in [3.8, 4) is 0 Å². The summed E-state index contributed by atoms with van der Waals surface area (Å²) in [7, 11) is 3.20. The van der Waals surface area contributed by atoms with Crippen LogP contribution >= 0.6 is 0 Å². The first-order chi connectivity index (χ1) is 11.7. The number of ketones is 3. The average Bonchev–Trinajstić information content (AvgIpc) is 2.54. The van der Waals surface area contributed by atoms with Crippen molar-refractivity contribution in [2.45, 2.75) is 39.2 Å². The summed E-state index contributed by atoms with van der Waals surface area (Å²) in [5.41, 5.74) is -0.511. The van der Waals surface area contributed by atoms with Crippen molar-refractivity contribution in [2.75, 3.05) is 14.1 Å². The summed E-state index contributed by atoms with van der Waals surface area (Å²) >= 11 is 0. The van der Waals surface area contributed by atoms with Crippen LogP contribution in [0.2, 0.25) is 0 Å². The van der Waals surface area contributed by atoms with Crippen LogP contribution in [0, 0.1) is 12.8 Å². The second-order valence-corrected chi connectivity index (χ2v) is 6.35. The summed E-state index contributed by atoms with van der Waals surface area (Å²) in [5, 5.41) is 4.04. The van der Waals surface area contributed by atoms with Crippen LogP contribution in [0.25, 0.3) is 0 Å².